The predicted molar refractivity (Wildman–Crippen MR) is 162 cm³/mol. The minimum atomic E-state index is -5.40. The summed E-state index contributed by atoms with van der Waals surface area (Å²) in [4.78, 5) is 0. The molecule has 2 fully saturated rings. The fourth-order valence-corrected chi connectivity index (χ4v) is 6.55. The Bertz CT molecular complexity index is 1740. The Hall–Kier alpha value is -2.55. The number of rotatable bonds is 10. The van der Waals surface area contributed by atoms with Crippen LogP contribution < -0.4 is 39.4 Å². The van der Waals surface area contributed by atoms with E-state index in [-0.39, 0.29) is 35.1 Å². The average molecular weight is 773 g/mol. The van der Waals surface area contributed by atoms with Gasteiger partial charge in [-0.15, -0.1) is 5.75 Å². The first-order chi connectivity index (χ1) is 23.8. The van der Waals surface area contributed by atoms with Gasteiger partial charge in [-0.3, -0.25) is 4.55 Å². The number of fused-ring (bicyclic) bond motifs is 1. The van der Waals surface area contributed by atoms with Gasteiger partial charge in [0.1, 0.15) is 60.3 Å². The van der Waals surface area contributed by atoms with Crippen molar-refractivity contribution >= 4 is 16.2 Å². The molecule has 12 atom stereocenters. The van der Waals surface area contributed by atoms with Gasteiger partial charge in [-0.25, -0.2) is 4.18 Å². The number of ether oxygens (including phenoxy) is 5. The summed E-state index contributed by atoms with van der Waals surface area (Å²) in [5.41, 5.74) is -4.07. The van der Waals surface area contributed by atoms with Crippen LogP contribution in [0.25, 0.3) is 5.76 Å². The first kappa shape index (κ1) is 42.2. The third-order valence-corrected chi connectivity index (χ3v) is 9.12. The fourth-order valence-electron chi connectivity index (χ4n) is 5.98. The Labute approximate surface area is 317 Å². The normalized spacial score (nSPS) is 34.1. The maximum absolute atomic E-state index is 12.5. The summed E-state index contributed by atoms with van der Waals surface area (Å²) in [6.07, 6.45) is -20.2. The smallest absolute Gasteiger partial charge is 0.872 e. The van der Waals surface area contributed by atoms with E-state index < -0.39 is 142 Å². The van der Waals surface area contributed by atoms with Crippen molar-refractivity contribution in [2.24, 2.45) is 0 Å². The molecule has 2 aromatic rings. The van der Waals surface area contributed by atoms with Crippen molar-refractivity contribution in [3.05, 3.63) is 47.2 Å². The molecule has 3 aliphatic heterocycles. The molecule has 0 bridgehead atoms. The van der Waals surface area contributed by atoms with Gasteiger partial charge in [-0.1, -0.05) is 6.92 Å². The number of aromatic hydroxyl groups is 3. The monoisotopic (exact) mass is 772 g/mol. The number of hydrogen-bond donors (Lipinski definition) is 11. The molecule has 0 radical (unpaired) electrons. The van der Waals surface area contributed by atoms with Crippen molar-refractivity contribution in [1.29, 1.82) is 0 Å². The van der Waals surface area contributed by atoms with Crippen LogP contribution in [0.3, 0.4) is 0 Å². The molecule has 0 amide bonds. The molecular formula is C30H37NaO20S. The molecule has 5 rings (SSSR count). The molecule has 2 aromatic carbocycles. The van der Waals surface area contributed by atoms with Crippen molar-refractivity contribution in [2.75, 3.05) is 6.61 Å². The summed E-state index contributed by atoms with van der Waals surface area (Å²) in [7, 11) is -5.40. The van der Waals surface area contributed by atoms with Crippen molar-refractivity contribution in [1.82, 2.24) is 0 Å². The van der Waals surface area contributed by atoms with E-state index >= 15 is 0 Å². The Morgan fingerprint density at radius 3 is 2.12 bits per heavy atom. The van der Waals surface area contributed by atoms with Gasteiger partial charge in [0.05, 0.1) is 18.3 Å². The summed E-state index contributed by atoms with van der Waals surface area (Å²) in [5.74, 6) is -5.42. The summed E-state index contributed by atoms with van der Waals surface area (Å²) in [6.45, 7) is 1.92. The summed E-state index contributed by atoms with van der Waals surface area (Å²) in [6, 6.07) is 4.38. The molecule has 2 saturated heterocycles. The molecule has 0 spiro atoms. The Morgan fingerprint density at radius 1 is 0.865 bits per heavy atom. The standard InChI is InChI=1S/C30H38O20S.Na/c1-3-18(50-51(42,43)44)30(41)19-15(34)7-12(31)8-16(19)47-26(11-4-5-13(32)14(33)6-11)27(30)49-29-25(40)23(38)21(36)17(48-29)9-45-28-24(39)22(37)20(35)10(2)46-28;/h4-8,10,17-18,20-25,28-29,31-41H,3,9H2,1-2H3,(H,42,43,44);/q;+1/p-1/t10-,17+,18?,20-,21+,22+,23-,24+,25+,28+,29-,30?;/m0./s1. The van der Waals surface area contributed by atoms with E-state index in [4.69, 9.17) is 27.9 Å². The van der Waals surface area contributed by atoms with E-state index in [0.717, 1.165) is 24.3 Å². The molecule has 3 aliphatic rings. The van der Waals surface area contributed by atoms with Crippen LogP contribution in [0.4, 0.5) is 0 Å². The first-order valence-corrected chi connectivity index (χ1v) is 16.7. The number of phenolic OH excluding ortho intramolecular Hbond substituents is 3. The molecule has 0 saturated carbocycles. The zero-order chi connectivity index (χ0) is 37.7. The predicted octanol–water partition coefficient (Wildman–Crippen LogP) is -5.90. The number of benzene rings is 2. The van der Waals surface area contributed by atoms with E-state index in [1.165, 1.54) is 13.8 Å². The molecule has 22 heteroatoms. The number of phenols is 3. The molecular weight excluding hydrogens is 735 g/mol. The molecule has 11 N–H and O–H groups in total. The molecule has 0 aliphatic carbocycles. The zero-order valence-corrected chi connectivity index (χ0v) is 30.5. The van der Waals surface area contributed by atoms with Crippen molar-refractivity contribution in [2.45, 2.75) is 93.4 Å². The van der Waals surface area contributed by atoms with E-state index in [9.17, 15) is 69.1 Å². The fraction of sp³-hybridized carbons (Fsp3) is 0.533. The van der Waals surface area contributed by atoms with Crippen LogP contribution >= 0.6 is 0 Å². The molecule has 284 valence electrons. The Balaban J connectivity index is 0.00000605. The third-order valence-electron chi connectivity index (χ3n) is 8.65. The Morgan fingerprint density at radius 2 is 1.50 bits per heavy atom. The second-order valence-electron chi connectivity index (χ2n) is 12.1. The minimum absolute atomic E-state index is 0. The SMILES string of the molecule is CCC(OS(=O)(=O)O)C1(O)C(O[C@@H]2O[C@H](CO[C@@H]3O[C@@H](C)[C@H](O)[C@@H](O)[C@H]3O)[C@@H](O)[C@H](O)[C@H]2O)=C(c2ccc(O)c(O)c2)Oc2cc([O-])cc(O)c21.[Na+]. The second kappa shape index (κ2) is 16.0. The molecule has 0 aromatic heterocycles. The van der Waals surface area contributed by atoms with Gasteiger partial charge < -0.3 is 79.9 Å². The van der Waals surface area contributed by atoms with E-state index in [1.807, 2.05) is 0 Å². The van der Waals surface area contributed by atoms with Crippen LogP contribution in [0.2, 0.25) is 0 Å². The van der Waals surface area contributed by atoms with Gasteiger partial charge in [0.15, 0.2) is 34.9 Å². The van der Waals surface area contributed by atoms with Crippen LogP contribution in [0, 0.1) is 0 Å². The maximum atomic E-state index is 12.5. The van der Waals surface area contributed by atoms with Crippen LogP contribution in [-0.4, -0.2) is 138 Å². The third kappa shape index (κ3) is 8.10. The van der Waals surface area contributed by atoms with Crippen LogP contribution in [0.1, 0.15) is 31.4 Å². The molecule has 3 heterocycles. The maximum Gasteiger partial charge on any atom is 1.00 e. The topological polar surface area (TPSA) is 335 Å². The quantitative estimate of drug-likeness (QED) is 0.0608. The largest absolute Gasteiger partial charge is 1.00 e. The van der Waals surface area contributed by atoms with Gasteiger partial charge >= 0.3 is 40.0 Å². The summed E-state index contributed by atoms with van der Waals surface area (Å²) < 4.78 is 66.7. The summed E-state index contributed by atoms with van der Waals surface area (Å²) >= 11 is 0. The van der Waals surface area contributed by atoms with Crippen molar-refractivity contribution in [3.8, 4) is 28.7 Å². The Kier molecular flexibility index (Phi) is 13.0. The van der Waals surface area contributed by atoms with Crippen molar-refractivity contribution in [3.63, 3.8) is 0 Å². The van der Waals surface area contributed by atoms with Gasteiger partial charge in [0.25, 0.3) is 0 Å². The van der Waals surface area contributed by atoms with Gasteiger partial charge in [-0.05, 0) is 43.7 Å². The average Bonchev–Trinajstić information content (AvgIpc) is 3.05. The zero-order valence-electron chi connectivity index (χ0n) is 27.7. The second-order valence-corrected chi connectivity index (χ2v) is 13.2. The number of hydrogen-bond acceptors (Lipinski definition) is 19. The van der Waals surface area contributed by atoms with Crippen molar-refractivity contribution < 1.29 is 127 Å². The van der Waals surface area contributed by atoms with E-state index in [2.05, 4.69) is 0 Å². The van der Waals surface area contributed by atoms with E-state index in [1.54, 1.807) is 0 Å². The van der Waals surface area contributed by atoms with E-state index in [0.29, 0.717) is 6.07 Å². The van der Waals surface area contributed by atoms with Crippen LogP contribution in [0.15, 0.2) is 36.1 Å². The van der Waals surface area contributed by atoms with Crippen LogP contribution in [-0.2, 0) is 39.1 Å². The molecule has 20 nitrogen and oxygen atoms in total. The molecule has 2 unspecified atom stereocenters. The number of aliphatic hydroxyl groups is 7. The number of aliphatic hydroxyl groups excluding tert-OH is 6. The molecule has 52 heavy (non-hydrogen) atoms. The summed E-state index contributed by atoms with van der Waals surface area (Å²) in [5, 5.41) is 119. The first-order valence-electron chi connectivity index (χ1n) is 15.3. The van der Waals surface area contributed by atoms with Gasteiger partial charge in [0.2, 0.25) is 6.29 Å². The minimum Gasteiger partial charge on any atom is -0.872 e. The van der Waals surface area contributed by atoms with Crippen LogP contribution in [0.5, 0.6) is 28.7 Å². The van der Waals surface area contributed by atoms with Gasteiger partial charge in [-0.2, -0.15) is 8.42 Å². The van der Waals surface area contributed by atoms with Gasteiger partial charge in [0, 0.05) is 5.56 Å².